The minimum Gasteiger partial charge on any atom is -0.327 e. The van der Waals surface area contributed by atoms with Crippen LogP contribution in [0.25, 0.3) is 0 Å². The molecule has 1 aromatic carbocycles. The SMILES string of the molecule is CCCC(N)Cc1ccc2c(c1)CCN2C(=O)CC(C)C. The molecule has 0 saturated carbocycles. The molecule has 0 aliphatic carbocycles. The number of rotatable bonds is 6. The summed E-state index contributed by atoms with van der Waals surface area (Å²) in [5.41, 5.74) is 9.83. The monoisotopic (exact) mass is 288 g/mol. The van der Waals surface area contributed by atoms with E-state index in [1.807, 2.05) is 4.90 Å². The molecular formula is C18H28N2O. The molecule has 0 bridgehead atoms. The molecule has 0 aromatic heterocycles. The van der Waals surface area contributed by atoms with Gasteiger partial charge in [-0.05, 0) is 42.4 Å². The van der Waals surface area contributed by atoms with Crippen molar-refractivity contribution in [3.63, 3.8) is 0 Å². The van der Waals surface area contributed by atoms with E-state index in [4.69, 9.17) is 5.73 Å². The molecule has 0 saturated heterocycles. The third-order valence-corrected chi connectivity index (χ3v) is 4.08. The standard InChI is InChI=1S/C18H28N2O/c1-4-5-16(19)12-14-6-7-17-15(11-14)8-9-20(17)18(21)10-13(2)3/h6-7,11,13,16H,4-5,8-10,12,19H2,1-3H3. The maximum atomic E-state index is 12.3. The highest BCUT2D eigenvalue weighted by Gasteiger charge is 2.25. The molecule has 2 rings (SSSR count). The number of amides is 1. The van der Waals surface area contributed by atoms with Gasteiger partial charge in [0.2, 0.25) is 5.91 Å². The summed E-state index contributed by atoms with van der Waals surface area (Å²) in [7, 11) is 0. The first-order chi connectivity index (χ1) is 10.0. The average Bonchev–Trinajstić information content (AvgIpc) is 2.81. The van der Waals surface area contributed by atoms with Crippen molar-refractivity contribution in [1.29, 1.82) is 0 Å². The summed E-state index contributed by atoms with van der Waals surface area (Å²) in [6.07, 6.45) is 4.72. The van der Waals surface area contributed by atoms with E-state index >= 15 is 0 Å². The summed E-state index contributed by atoms with van der Waals surface area (Å²) in [4.78, 5) is 14.2. The van der Waals surface area contributed by atoms with Gasteiger partial charge in [-0.3, -0.25) is 4.79 Å². The maximum Gasteiger partial charge on any atom is 0.227 e. The van der Waals surface area contributed by atoms with Gasteiger partial charge in [0.15, 0.2) is 0 Å². The Bertz CT molecular complexity index is 496. The molecule has 1 amide bonds. The summed E-state index contributed by atoms with van der Waals surface area (Å²) in [6.45, 7) is 7.17. The number of anilines is 1. The Morgan fingerprint density at radius 1 is 1.38 bits per heavy atom. The van der Waals surface area contributed by atoms with Crippen LogP contribution in [0, 0.1) is 5.92 Å². The van der Waals surface area contributed by atoms with Crippen molar-refractivity contribution in [3.05, 3.63) is 29.3 Å². The molecule has 1 aromatic rings. The van der Waals surface area contributed by atoms with Gasteiger partial charge in [-0.25, -0.2) is 0 Å². The fraction of sp³-hybridized carbons (Fsp3) is 0.611. The van der Waals surface area contributed by atoms with Gasteiger partial charge in [0.25, 0.3) is 0 Å². The van der Waals surface area contributed by atoms with Crippen molar-refractivity contribution in [2.75, 3.05) is 11.4 Å². The van der Waals surface area contributed by atoms with E-state index in [1.165, 1.54) is 11.1 Å². The summed E-state index contributed by atoms with van der Waals surface area (Å²) in [5.74, 6) is 0.659. The molecule has 1 heterocycles. The minimum absolute atomic E-state index is 0.244. The number of hydrogen-bond donors (Lipinski definition) is 1. The molecule has 1 atom stereocenters. The summed E-state index contributed by atoms with van der Waals surface area (Å²) in [6, 6.07) is 6.73. The third-order valence-electron chi connectivity index (χ3n) is 4.08. The highest BCUT2D eigenvalue weighted by atomic mass is 16.2. The van der Waals surface area contributed by atoms with Crippen LogP contribution in [-0.4, -0.2) is 18.5 Å². The minimum atomic E-state index is 0.244. The lowest BCUT2D eigenvalue weighted by molar-refractivity contribution is -0.119. The van der Waals surface area contributed by atoms with Crippen LogP contribution in [0.2, 0.25) is 0 Å². The van der Waals surface area contributed by atoms with Crippen molar-refractivity contribution < 1.29 is 4.79 Å². The Labute approximate surface area is 128 Å². The number of hydrogen-bond acceptors (Lipinski definition) is 2. The molecule has 116 valence electrons. The second kappa shape index (κ2) is 7.08. The topological polar surface area (TPSA) is 46.3 Å². The summed E-state index contributed by atoms with van der Waals surface area (Å²) < 4.78 is 0. The first-order valence-electron chi connectivity index (χ1n) is 8.19. The number of nitrogens with zero attached hydrogens (tertiary/aromatic N) is 1. The quantitative estimate of drug-likeness (QED) is 0.873. The van der Waals surface area contributed by atoms with Crippen LogP contribution in [0.1, 0.15) is 51.2 Å². The smallest absolute Gasteiger partial charge is 0.227 e. The highest BCUT2D eigenvalue weighted by molar-refractivity contribution is 5.95. The average molecular weight is 288 g/mol. The molecule has 0 fully saturated rings. The van der Waals surface area contributed by atoms with Gasteiger partial charge in [-0.15, -0.1) is 0 Å². The van der Waals surface area contributed by atoms with Crippen LogP contribution in [0.5, 0.6) is 0 Å². The van der Waals surface area contributed by atoms with Gasteiger partial charge in [-0.2, -0.15) is 0 Å². The molecule has 0 spiro atoms. The van der Waals surface area contributed by atoms with E-state index in [2.05, 4.69) is 39.0 Å². The third kappa shape index (κ3) is 4.07. The molecule has 21 heavy (non-hydrogen) atoms. The Morgan fingerprint density at radius 2 is 2.14 bits per heavy atom. The van der Waals surface area contributed by atoms with Gasteiger partial charge in [0.05, 0.1) is 0 Å². The van der Waals surface area contributed by atoms with Crippen molar-refractivity contribution in [1.82, 2.24) is 0 Å². The number of nitrogens with two attached hydrogens (primary N) is 1. The first kappa shape index (κ1) is 16.0. The van der Waals surface area contributed by atoms with E-state index < -0.39 is 0 Å². The lowest BCUT2D eigenvalue weighted by Gasteiger charge is -2.19. The number of fused-ring (bicyclic) bond motifs is 1. The predicted octanol–water partition coefficient (Wildman–Crippen LogP) is 3.29. The van der Waals surface area contributed by atoms with Crippen LogP contribution in [0.15, 0.2) is 18.2 Å². The van der Waals surface area contributed by atoms with Gasteiger partial charge in [0.1, 0.15) is 0 Å². The molecule has 3 heteroatoms. The van der Waals surface area contributed by atoms with E-state index in [9.17, 15) is 4.79 Å². The van der Waals surface area contributed by atoms with Crippen LogP contribution in [-0.2, 0) is 17.6 Å². The Hall–Kier alpha value is -1.35. The molecule has 2 N–H and O–H groups in total. The Morgan fingerprint density at radius 3 is 2.81 bits per heavy atom. The molecule has 1 aliphatic heterocycles. The zero-order chi connectivity index (χ0) is 15.4. The largest absolute Gasteiger partial charge is 0.327 e. The lowest BCUT2D eigenvalue weighted by atomic mass is 10.00. The number of carbonyl (C=O) groups excluding carboxylic acids is 1. The fourth-order valence-electron chi connectivity index (χ4n) is 3.08. The lowest BCUT2D eigenvalue weighted by Crippen LogP contribution is -2.29. The van der Waals surface area contributed by atoms with Crippen molar-refractivity contribution >= 4 is 11.6 Å². The van der Waals surface area contributed by atoms with Crippen molar-refractivity contribution in [2.24, 2.45) is 11.7 Å². The van der Waals surface area contributed by atoms with Gasteiger partial charge >= 0.3 is 0 Å². The van der Waals surface area contributed by atoms with E-state index in [-0.39, 0.29) is 11.9 Å². The van der Waals surface area contributed by atoms with Crippen LogP contribution in [0.3, 0.4) is 0 Å². The zero-order valence-corrected chi connectivity index (χ0v) is 13.6. The van der Waals surface area contributed by atoms with Crippen molar-refractivity contribution in [3.8, 4) is 0 Å². The number of carbonyl (C=O) groups is 1. The molecule has 3 nitrogen and oxygen atoms in total. The second-order valence-electron chi connectivity index (χ2n) is 6.61. The van der Waals surface area contributed by atoms with Crippen LogP contribution < -0.4 is 10.6 Å². The Balaban J connectivity index is 2.07. The van der Waals surface area contributed by atoms with Gasteiger partial charge < -0.3 is 10.6 Å². The molecule has 0 radical (unpaired) electrons. The van der Waals surface area contributed by atoms with Gasteiger partial charge in [0, 0.05) is 24.7 Å². The van der Waals surface area contributed by atoms with E-state index in [0.717, 1.165) is 37.9 Å². The van der Waals surface area contributed by atoms with Crippen molar-refractivity contribution in [2.45, 2.75) is 58.9 Å². The van der Waals surface area contributed by atoms with E-state index in [0.29, 0.717) is 12.3 Å². The fourth-order valence-corrected chi connectivity index (χ4v) is 3.08. The van der Waals surface area contributed by atoms with Crippen LogP contribution in [0.4, 0.5) is 5.69 Å². The second-order valence-corrected chi connectivity index (χ2v) is 6.61. The first-order valence-corrected chi connectivity index (χ1v) is 8.19. The van der Waals surface area contributed by atoms with Crippen LogP contribution >= 0.6 is 0 Å². The van der Waals surface area contributed by atoms with Gasteiger partial charge in [-0.1, -0.05) is 39.3 Å². The molecular weight excluding hydrogens is 260 g/mol. The number of benzene rings is 1. The normalized spacial score (nSPS) is 15.4. The molecule has 1 aliphatic rings. The molecule has 1 unspecified atom stereocenters. The summed E-state index contributed by atoms with van der Waals surface area (Å²) >= 11 is 0. The summed E-state index contributed by atoms with van der Waals surface area (Å²) in [5, 5.41) is 0. The van der Waals surface area contributed by atoms with E-state index in [1.54, 1.807) is 0 Å². The Kier molecular flexibility index (Phi) is 5.40. The zero-order valence-electron chi connectivity index (χ0n) is 13.6. The highest BCUT2D eigenvalue weighted by Crippen LogP contribution is 2.30. The predicted molar refractivity (Wildman–Crippen MR) is 88.5 cm³/mol. The maximum absolute atomic E-state index is 12.3.